The smallest absolute Gasteiger partial charge is 0.330 e. The third kappa shape index (κ3) is 3.82. The first-order chi connectivity index (χ1) is 13.9. The predicted molar refractivity (Wildman–Crippen MR) is 104 cm³/mol. The van der Waals surface area contributed by atoms with Gasteiger partial charge in [-0.3, -0.25) is 0 Å². The first-order valence-electron chi connectivity index (χ1n) is 9.25. The molecule has 2 aliphatic rings. The molecule has 7 heteroatoms. The molecule has 0 amide bonds. The molecule has 2 aromatic rings. The van der Waals surface area contributed by atoms with Crippen LogP contribution in [0.15, 0.2) is 48.0 Å². The molecule has 2 aliphatic heterocycles. The van der Waals surface area contributed by atoms with Crippen molar-refractivity contribution in [1.82, 2.24) is 0 Å². The lowest BCUT2D eigenvalue weighted by atomic mass is 9.97. The van der Waals surface area contributed by atoms with Gasteiger partial charge in [0.25, 0.3) is 5.79 Å². The summed E-state index contributed by atoms with van der Waals surface area (Å²) in [5.41, 5.74) is 1.97. The highest BCUT2D eigenvalue weighted by Gasteiger charge is 2.43. The highest BCUT2D eigenvalue weighted by molar-refractivity contribution is 6.30. The first kappa shape index (κ1) is 19.7. The van der Waals surface area contributed by atoms with E-state index in [1.54, 1.807) is 25.1 Å². The SMILES string of the molecule is COC(=O)/C=C1\CCC(c2cccc3c2OC(C)(c2ccc(Cl)cc2F)O3)OC1. The number of ether oxygens (including phenoxy) is 4. The van der Waals surface area contributed by atoms with Crippen LogP contribution >= 0.6 is 11.6 Å². The summed E-state index contributed by atoms with van der Waals surface area (Å²) in [6.07, 6.45) is 2.62. The van der Waals surface area contributed by atoms with Crippen molar-refractivity contribution in [3.63, 3.8) is 0 Å². The van der Waals surface area contributed by atoms with Gasteiger partial charge in [0.1, 0.15) is 5.82 Å². The Balaban J connectivity index is 1.57. The highest BCUT2D eigenvalue weighted by atomic mass is 35.5. The van der Waals surface area contributed by atoms with Gasteiger partial charge < -0.3 is 18.9 Å². The molecule has 0 aromatic heterocycles. The molecule has 0 saturated carbocycles. The quantitative estimate of drug-likeness (QED) is 0.514. The van der Waals surface area contributed by atoms with Crippen molar-refractivity contribution in [3.05, 3.63) is 70.0 Å². The second kappa shape index (κ2) is 7.69. The number of esters is 1. The molecule has 1 fully saturated rings. The minimum absolute atomic E-state index is 0.222. The van der Waals surface area contributed by atoms with Gasteiger partial charge in [-0.25, -0.2) is 9.18 Å². The van der Waals surface area contributed by atoms with Gasteiger partial charge in [-0.15, -0.1) is 0 Å². The minimum atomic E-state index is -1.31. The molecule has 152 valence electrons. The second-order valence-electron chi connectivity index (χ2n) is 7.11. The number of carbonyl (C=O) groups excluding carboxylic acids is 1. The number of methoxy groups -OCH3 is 1. The largest absolute Gasteiger partial charge is 0.466 e. The van der Waals surface area contributed by atoms with E-state index in [1.165, 1.54) is 19.3 Å². The van der Waals surface area contributed by atoms with Crippen LogP contribution in [0.25, 0.3) is 0 Å². The fourth-order valence-corrected chi connectivity index (χ4v) is 3.79. The topological polar surface area (TPSA) is 54.0 Å². The maximum Gasteiger partial charge on any atom is 0.330 e. The van der Waals surface area contributed by atoms with Gasteiger partial charge in [-0.2, -0.15) is 0 Å². The Morgan fingerprint density at radius 1 is 1.31 bits per heavy atom. The van der Waals surface area contributed by atoms with Crippen LogP contribution in [0.1, 0.15) is 37.0 Å². The summed E-state index contributed by atoms with van der Waals surface area (Å²) in [5.74, 6) is -1.13. The lowest BCUT2D eigenvalue weighted by molar-refractivity contribution is -0.135. The molecule has 2 atom stereocenters. The zero-order valence-corrected chi connectivity index (χ0v) is 16.8. The van der Waals surface area contributed by atoms with Gasteiger partial charge in [0.05, 0.1) is 25.4 Å². The molecule has 2 unspecified atom stereocenters. The maximum atomic E-state index is 14.5. The summed E-state index contributed by atoms with van der Waals surface area (Å²) in [6, 6.07) is 9.93. The van der Waals surface area contributed by atoms with Crippen LogP contribution in [0.3, 0.4) is 0 Å². The fourth-order valence-electron chi connectivity index (χ4n) is 3.63. The van der Waals surface area contributed by atoms with Crippen LogP contribution in [-0.2, 0) is 20.1 Å². The summed E-state index contributed by atoms with van der Waals surface area (Å²) in [7, 11) is 1.34. The Bertz CT molecular complexity index is 979. The third-order valence-electron chi connectivity index (χ3n) is 5.10. The lowest BCUT2D eigenvalue weighted by Gasteiger charge is -2.27. The number of hydrogen-bond acceptors (Lipinski definition) is 5. The van der Waals surface area contributed by atoms with Gasteiger partial charge >= 0.3 is 5.97 Å². The Labute approximate surface area is 173 Å². The van der Waals surface area contributed by atoms with E-state index in [9.17, 15) is 9.18 Å². The molecule has 2 heterocycles. The van der Waals surface area contributed by atoms with Crippen LogP contribution in [0, 0.1) is 5.82 Å². The van der Waals surface area contributed by atoms with Crippen LogP contribution in [0.2, 0.25) is 5.02 Å². The van der Waals surface area contributed by atoms with Crippen molar-refractivity contribution in [2.45, 2.75) is 31.7 Å². The lowest BCUT2D eigenvalue weighted by Crippen LogP contribution is -2.32. The van der Waals surface area contributed by atoms with Gasteiger partial charge in [0.2, 0.25) is 0 Å². The van der Waals surface area contributed by atoms with Crippen LogP contribution in [0.4, 0.5) is 4.39 Å². The average molecular weight is 419 g/mol. The molecular weight excluding hydrogens is 399 g/mol. The molecule has 4 rings (SSSR count). The summed E-state index contributed by atoms with van der Waals surface area (Å²) >= 11 is 5.87. The van der Waals surface area contributed by atoms with E-state index >= 15 is 0 Å². The van der Waals surface area contributed by atoms with Crippen LogP contribution < -0.4 is 9.47 Å². The number of halogens is 2. The van der Waals surface area contributed by atoms with E-state index in [0.29, 0.717) is 36.0 Å². The second-order valence-corrected chi connectivity index (χ2v) is 7.55. The van der Waals surface area contributed by atoms with E-state index in [1.807, 2.05) is 12.1 Å². The third-order valence-corrected chi connectivity index (χ3v) is 5.33. The van der Waals surface area contributed by atoms with Crippen molar-refractivity contribution in [1.29, 1.82) is 0 Å². The number of rotatable bonds is 3. The Kier molecular flexibility index (Phi) is 5.23. The summed E-state index contributed by atoms with van der Waals surface area (Å²) in [5, 5.41) is 0.303. The monoisotopic (exact) mass is 418 g/mol. The number of fused-ring (bicyclic) bond motifs is 1. The molecule has 0 bridgehead atoms. The van der Waals surface area contributed by atoms with E-state index in [0.717, 1.165) is 11.1 Å². The van der Waals surface area contributed by atoms with Gasteiger partial charge in [-0.1, -0.05) is 23.7 Å². The predicted octanol–water partition coefficient (Wildman–Crippen LogP) is 5.07. The maximum absolute atomic E-state index is 14.5. The van der Waals surface area contributed by atoms with Gasteiger partial charge in [-0.05, 0) is 42.7 Å². The molecule has 2 aromatic carbocycles. The standard InChI is InChI=1S/C22H20ClFO5/c1-22(16-8-7-14(23)11-17(16)24)28-19-5-3-4-15(21(19)29-22)18-9-6-13(12-27-18)10-20(25)26-2/h3-5,7-8,10-11,18H,6,9,12H2,1-2H3/b13-10+. The fraction of sp³-hybridized carbons (Fsp3) is 0.318. The molecule has 5 nitrogen and oxygen atoms in total. The summed E-state index contributed by atoms with van der Waals surface area (Å²) in [4.78, 5) is 11.4. The van der Waals surface area contributed by atoms with E-state index in [2.05, 4.69) is 4.74 Å². The van der Waals surface area contributed by atoms with Crippen molar-refractivity contribution < 1.29 is 28.1 Å². The zero-order chi connectivity index (χ0) is 20.6. The normalized spacial score (nSPS) is 24.6. The zero-order valence-electron chi connectivity index (χ0n) is 16.0. The van der Waals surface area contributed by atoms with E-state index in [4.69, 9.17) is 25.8 Å². The van der Waals surface area contributed by atoms with Gasteiger partial charge in [0, 0.05) is 23.6 Å². The van der Waals surface area contributed by atoms with Gasteiger partial charge in [0.15, 0.2) is 11.5 Å². The minimum Gasteiger partial charge on any atom is -0.466 e. The molecule has 0 aliphatic carbocycles. The summed E-state index contributed by atoms with van der Waals surface area (Å²) < 4.78 is 37.2. The van der Waals surface area contributed by atoms with Crippen molar-refractivity contribution in [2.24, 2.45) is 0 Å². The number of carbonyl (C=O) groups is 1. The van der Waals surface area contributed by atoms with Crippen LogP contribution in [0.5, 0.6) is 11.5 Å². The number of para-hydroxylation sites is 1. The van der Waals surface area contributed by atoms with E-state index < -0.39 is 11.6 Å². The number of benzene rings is 2. The molecule has 29 heavy (non-hydrogen) atoms. The average Bonchev–Trinajstić information content (AvgIpc) is 3.05. The summed E-state index contributed by atoms with van der Waals surface area (Å²) in [6.45, 7) is 2.00. The molecule has 1 saturated heterocycles. The molecular formula is C22H20ClFO5. The Morgan fingerprint density at radius 2 is 2.14 bits per heavy atom. The molecule has 0 N–H and O–H groups in total. The molecule has 0 radical (unpaired) electrons. The Hall–Kier alpha value is -2.57. The van der Waals surface area contributed by atoms with E-state index in [-0.39, 0.29) is 17.6 Å². The number of hydrogen-bond donors (Lipinski definition) is 0. The molecule has 0 spiro atoms. The van der Waals surface area contributed by atoms with Crippen LogP contribution in [-0.4, -0.2) is 19.7 Å². The van der Waals surface area contributed by atoms with Crippen molar-refractivity contribution in [3.8, 4) is 11.5 Å². The van der Waals surface area contributed by atoms with Crippen molar-refractivity contribution in [2.75, 3.05) is 13.7 Å². The Morgan fingerprint density at radius 3 is 2.83 bits per heavy atom. The highest BCUT2D eigenvalue weighted by Crippen LogP contribution is 2.49. The first-order valence-corrected chi connectivity index (χ1v) is 9.63. The van der Waals surface area contributed by atoms with Crippen molar-refractivity contribution >= 4 is 17.6 Å².